The van der Waals surface area contributed by atoms with Gasteiger partial charge in [0.2, 0.25) is 5.89 Å². The number of hydrogen-bond donors (Lipinski definition) is 0. The molecule has 5 nitrogen and oxygen atoms in total. The molecule has 0 radical (unpaired) electrons. The van der Waals surface area contributed by atoms with Gasteiger partial charge >= 0.3 is 6.01 Å². The Hall–Kier alpha value is -1.62. The Morgan fingerprint density at radius 2 is 2.24 bits per heavy atom. The number of pyridine rings is 1. The third-order valence-corrected chi connectivity index (χ3v) is 2.53. The van der Waals surface area contributed by atoms with Gasteiger partial charge in [0, 0.05) is 12.7 Å². The number of aromatic nitrogens is 3. The summed E-state index contributed by atoms with van der Waals surface area (Å²) in [5.41, 5.74) is 0.958. The van der Waals surface area contributed by atoms with Crippen molar-refractivity contribution in [2.45, 2.75) is 19.3 Å². The number of hydrogen-bond acceptors (Lipinski definition) is 5. The predicted molar refractivity (Wildman–Crippen MR) is 64.8 cm³/mol. The van der Waals surface area contributed by atoms with E-state index >= 15 is 0 Å². The second kappa shape index (κ2) is 5.63. The van der Waals surface area contributed by atoms with E-state index in [9.17, 15) is 0 Å². The zero-order valence-corrected chi connectivity index (χ0v) is 10.3. The van der Waals surface area contributed by atoms with Gasteiger partial charge in [0.1, 0.15) is 5.88 Å². The molecule has 0 fully saturated rings. The molecule has 2 heterocycles. The lowest BCUT2D eigenvalue weighted by molar-refractivity contribution is 0.499. The zero-order chi connectivity index (χ0) is 12.1. The van der Waals surface area contributed by atoms with E-state index in [4.69, 9.17) is 16.0 Å². The second-order valence-corrected chi connectivity index (χ2v) is 3.71. The van der Waals surface area contributed by atoms with E-state index in [-0.39, 0.29) is 5.88 Å². The van der Waals surface area contributed by atoms with Gasteiger partial charge in [-0.2, -0.15) is 0 Å². The van der Waals surface area contributed by atoms with Gasteiger partial charge in [-0.25, -0.2) is 0 Å². The van der Waals surface area contributed by atoms with Crippen LogP contribution in [0.1, 0.15) is 18.5 Å². The molecule has 0 spiro atoms. The minimum atomic E-state index is 0.230. The monoisotopic (exact) mass is 252 g/mol. The second-order valence-electron chi connectivity index (χ2n) is 3.45. The van der Waals surface area contributed by atoms with Crippen molar-refractivity contribution in [2.75, 3.05) is 11.4 Å². The highest BCUT2D eigenvalue weighted by Gasteiger charge is 2.13. The predicted octanol–water partition coefficient (Wildman–Crippen LogP) is 2.23. The van der Waals surface area contributed by atoms with Gasteiger partial charge in [-0.15, -0.1) is 16.7 Å². The van der Waals surface area contributed by atoms with E-state index in [0.29, 0.717) is 18.5 Å². The van der Waals surface area contributed by atoms with Crippen LogP contribution in [0.25, 0.3) is 0 Å². The molecule has 0 saturated carbocycles. The number of rotatable bonds is 5. The van der Waals surface area contributed by atoms with Crippen molar-refractivity contribution in [1.82, 2.24) is 15.2 Å². The molecule has 2 rings (SSSR count). The fourth-order valence-electron chi connectivity index (χ4n) is 1.43. The van der Waals surface area contributed by atoms with Crippen LogP contribution in [0.15, 0.2) is 28.8 Å². The Bertz CT molecular complexity index is 460. The summed E-state index contributed by atoms with van der Waals surface area (Å²) in [6.45, 7) is 3.43. The summed E-state index contributed by atoms with van der Waals surface area (Å²) in [6.07, 6.45) is 1.77. The minimum Gasteiger partial charge on any atom is -0.407 e. The van der Waals surface area contributed by atoms with Crippen molar-refractivity contribution in [3.05, 3.63) is 36.0 Å². The van der Waals surface area contributed by atoms with E-state index in [0.717, 1.165) is 12.2 Å². The summed E-state index contributed by atoms with van der Waals surface area (Å²) in [7, 11) is 0. The van der Waals surface area contributed by atoms with Crippen LogP contribution >= 0.6 is 11.6 Å². The van der Waals surface area contributed by atoms with Crippen LogP contribution in [0.2, 0.25) is 0 Å². The summed E-state index contributed by atoms with van der Waals surface area (Å²) in [5, 5.41) is 7.79. The lowest BCUT2D eigenvalue weighted by atomic mass is 10.3. The molecule has 0 bridgehead atoms. The first-order valence-electron chi connectivity index (χ1n) is 5.36. The molecule has 0 aromatic carbocycles. The lowest BCUT2D eigenvalue weighted by Gasteiger charge is -2.16. The molecule has 6 heteroatoms. The normalized spacial score (nSPS) is 10.5. The summed E-state index contributed by atoms with van der Waals surface area (Å²) < 4.78 is 5.40. The maximum atomic E-state index is 5.62. The molecule has 0 unspecified atom stereocenters. The zero-order valence-electron chi connectivity index (χ0n) is 9.51. The molecule has 0 aliphatic carbocycles. The fourth-order valence-corrected chi connectivity index (χ4v) is 1.54. The van der Waals surface area contributed by atoms with Crippen LogP contribution < -0.4 is 4.90 Å². The molecule has 0 atom stereocenters. The average Bonchev–Trinajstić information content (AvgIpc) is 2.86. The van der Waals surface area contributed by atoms with Crippen LogP contribution in [0, 0.1) is 0 Å². The Balaban J connectivity index is 2.11. The van der Waals surface area contributed by atoms with Crippen molar-refractivity contribution in [1.29, 1.82) is 0 Å². The van der Waals surface area contributed by atoms with Crippen molar-refractivity contribution in [3.63, 3.8) is 0 Å². The molecule has 0 aliphatic rings. The highest BCUT2D eigenvalue weighted by Crippen LogP contribution is 2.15. The molecule has 17 heavy (non-hydrogen) atoms. The summed E-state index contributed by atoms with van der Waals surface area (Å²) in [5.74, 6) is 0.662. The van der Waals surface area contributed by atoms with Crippen LogP contribution in [0.5, 0.6) is 0 Å². The average molecular weight is 253 g/mol. The highest BCUT2D eigenvalue weighted by molar-refractivity contribution is 6.16. The van der Waals surface area contributed by atoms with Crippen LogP contribution in [0.4, 0.5) is 6.01 Å². The smallest absolute Gasteiger partial charge is 0.318 e. The number of nitrogens with zero attached hydrogens (tertiary/aromatic N) is 4. The Morgan fingerprint density at radius 3 is 2.82 bits per heavy atom. The molecule has 2 aromatic heterocycles. The molecule has 2 aromatic rings. The highest BCUT2D eigenvalue weighted by atomic mass is 35.5. The van der Waals surface area contributed by atoms with E-state index in [1.807, 2.05) is 30.0 Å². The number of halogens is 1. The maximum absolute atomic E-state index is 5.62. The summed E-state index contributed by atoms with van der Waals surface area (Å²) in [4.78, 5) is 6.21. The largest absolute Gasteiger partial charge is 0.407 e. The quantitative estimate of drug-likeness (QED) is 0.764. The van der Waals surface area contributed by atoms with E-state index in [1.165, 1.54) is 0 Å². The molecule has 0 aliphatic heterocycles. The Morgan fingerprint density at radius 1 is 1.35 bits per heavy atom. The molecule has 0 saturated heterocycles. The molecule has 0 N–H and O–H groups in total. The van der Waals surface area contributed by atoms with Crippen LogP contribution in [0.3, 0.4) is 0 Å². The van der Waals surface area contributed by atoms with Gasteiger partial charge < -0.3 is 9.32 Å². The third-order valence-electron chi connectivity index (χ3n) is 2.30. The summed E-state index contributed by atoms with van der Waals surface area (Å²) in [6, 6.07) is 6.28. The topological polar surface area (TPSA) is 55.1 Å². The SMILES string of the molecule is CCN(Cc1ccccn1)c1nnc(CCl)o1. The first kappa shape index (κ1) is 11.9. The van der Waals surface area contributed by atoms with Gasteiger partial charge in [-0.05, 0) is 19.1 Å². The van der Waals surface area contributed by atoms with Gasteiger partial charge in [0.25, 0.3) is 0 Å². The van der Waals surface area contributed by atoms with Gasteiger partial charge in [-0.3, -0.25) is 4.98 Å². The van der Waals surface area contributed by atoms with Gasteiger partial charge in [0.05, 0.1) is 12.2 Å². The van der Waals surface area contributed by atoms with E-state index < -0.39 is 0 Å². The van der Waals surface area contributed by atoms with E-state index in [2.05, 4.69) is 15.2 Å². The molecule has 0 amide bonds. The standard InChI is InChI=1S/C11H13ClN4O/c1-2-16(8-9-5-3-4-6-13-9)11-15-14-10(7-12)17-11/h3-6H,2,7-8H2,1H3. The number of alkyl halides is 1. The molecular formula is C11H13ClN4O. The first-order chi connectivity index (χ1) is 8.33. The number of anilines is 1. The van der Waals surface area contributed by atoms with Crippen LogP contribution in [-0.2, 0) is 12.4 Å². The Kier molecular flexibility index (Phi) is 3.93. The van der Waals surface area contributed by atoms with E-state index in [1.54, 1.807) is 6.20 Å². The summed E-state index contributed by atoms with van der Waals surface area (Å²) >= 11 is 5.62. The molecular weight excluding hydrogens is 240 g/mol. The van der Waals surface area contributed by atoms with Gasteiger partial charge in [-0.1, -0.05) is 11.2 Å². The Labute approximate surface area is 104 Å². The first-order valence-corrected chi connectivity index (χ1v) is 5.90. The minimum absolute atomic E-state index is 0.230. The van der Waals surface area contributed by atoms with Crippen LogP contribution in [-0.4, -0.2) is 21.7 Å². The van der Waals surface area contributed by atoms with Crippen molar-refractivity contribution >= 4 is 17.6 Å². The fraction of sp³-hybridized carbons (Fsp3) is 0.364. The van der Waals surface area contributed by atoms with Crippen molar-refractivity contribution in [2.24, 2.45) is 0 Å². The lowest BCUT2D eigenvalue weighted by Crippen LogP contribution is -2.22. The third kappa shape index (κ3) is 2.94. The van der Waals surface area contributed by atoms with Crippen molar-refractivity contribution < 1.29 is 4.42 Å². The van der Waals surface area contributed by atoms with Crippen molar-refractivity contribution in [3.8, 4) is 0 Å². The maximum Gasteiger partial charge on any atom is 0.318 e. The van der Waals surface area contributed by atoms with Gasteiger partial charge in [0.15, 0.2) is 0 Å². The molecule has 90 valence electrons.